The summed E-state index contributed by atoms with van der Waals surface area (Å²) in [6.07, 6.45) is 0. The van der Waals surface area contributed by atoms with Crippen LogP contribution < -0.4 is 10.5 Å². The maximum atomic E-state index is 8.68. The van der Waals surface area contributed by atoms with Crippen molar-refractivity contribution in [3.8, 4) is 11.8 Å². The van der Waals surface area contributed by atoms with Crippen LogP contribution in [0.25, 0.3) is 0 Å². The van der Waals surface area contributed by atoms with Gasteiger partial charge in [0.1, 0.15) is 12.4 Å². The van der Waals surface area contributed by atoms with Crippen LogP contribution in [0.4, 0.5) is 0 Å². The van der Waals surface area contributed by atoms with Crippen LogP contribution in [-0.2, 0) is 0 Å². The van der Waals surface area contributed by atoms with E-state index in [9.17, 15) is 0 Å². The number of aryl methyl sites for hydroxylation is 1. The Labute approximate surface area is 100 Å². The van der Waals surface area contributed by atoms with Gasteiger partial charge in [-0.1, -0.05) is 11.6 Å². The summed E-state index contributed by atoms with van der Waals surface area (Å²) in [5.41, 5.74) is 6.70. The standard InChI is InChI=1S/C10H11ClN2O.ClH/c1-7-4-8(6-13)5-9(11)10(7)14-3-2-12;/h4-5H,2-3,12H2,1H3;1H. The number of halogens is 2. The van der Waals surface area contributed by atoms with Crippen LogP contribution in [0, 0.1) is 18.3 Å². The first kappa shape index (κ1) is 14.1. The van der Waals surface area contributed by atoms with Gasteiger partial charge in [0.15, 0.2) is 0 Å². The SMILES string of the molecule is Cc1cc(C#N)cc(Cl)c1OCCN.Cl. The smallest absolute Gasteiger partial charge is 0.140 e. The minimum Gasteiger partial charge on any atom is -0.490 e. The highest BCUT2D eigenvalue weighted by atomic mass is 35.5. The predicted octanol–water partition coefficient (Wildman–Crippen LogP) is 2.28. The lowest BCUT2D eigenvalue weighted by molar-refractivity contribution is 0.326. The van der Waals surface area contributed by atoms with E-state index >= 15 is 0 Å². The molecule has 0 bridgehead atoms. The van der Waals surface area contributed by atoms with Gasteiger partial charge in [0.25, 0.3) is 0 Å². The van der Waals surface area contributed by atoms with E-state index in [1.54, 1.807) is 12.1 Å². The Balaban J connectivity index is 0.00000196. The highest BCUT2D eigenvalue weighted by Gasteiger charge is 2.07. The van der Waals surface area contributed by atoms with Crippen molar-refractivity contribution in [2.45, 2.75) is 6.92 Å². The summed E-state index contributed by atoms with van der Waals surface area (Å²) in [4.78, 5) is 0. The number of rotatable bonds is 3. The molecule has 0 aliphatic heterocycles. The normalized spacial score (nSPS) is 8.93. The van der Waals surface area contributed by atoms with Gasteiger partial charge in [0, 0.05) is 6.54 Å². The van der Waals surface area contributed by atoms with Crippen LogP contribution in [0.5, 0.6) is 5.75 Å². The van der Waals surface area contributed by atoms with Gasteiger partial charge >= 0.3 is 0 Å². The first-order chi connectivity index (χ1) is 6.69. The average Bonchev–Trinajstić information content (AvgIpc) is 2.16. The predicted molar refractivity (Wildman–Crippen MR) is 62.7 cm³/mol. The van der Waals surface area contributed by atoms with Gasteiger partial charge in [0.05, 0.1) is 16.7 Å². The van der Waals surface area contributed by atoms with Gasteiger partial charge < -0.3 is 10.5 Å². The van der Waals surface area contributed by atoms with Crippen LogP contribution in [0.1, 0.15) is 11.1 Å². The lowest BCUT2D eigenvalue weighted by Crippen LogP contribution is -2.11. The Bertz CT molecular complexity index is 351. The number of hydrogen-bond acceptors (Lipinski definition) is 3. The van der Waals surface area contributed by atoms with Gasteiger partial charge in [-0.2, -0.15) is 5.26 Å². The Morgan fingerprint density at radius 1 is 1.53 bits per heavy atom. The summed E-state index contributed by atoms with van der Waals surface area (Å²) in [6, 6.07) is 5.34. The molecule has 15 heavy (non-hydrogen) atoms. The van der Waals surface area contributed by atoms with Crippen molar-refractivity contribution in [3.05, 3.63) is 28.3 Å². The van der Waals surface area contributed by atoms with E-state index in [4.69, 9.17) is 27.3 Å². The van der Waals surface area contributed by atoms with Crippen molar-refractivity contribution in [1.82, 2.24) is 0 Å². The number of hydrogen-bond donors (Lipinski definition) is 1. The molecule has 82 valence electrons. The maximum absolute atomic E-state index is 8.68. The van der Waals surface area contributed by atoms with Crippen molar-refractivity contribution in [2.75, 3.05) is 13.2 Å². The fourth-order valence-electron chi connectivity index (χ4n) is 1.14. The second-order valence-corrected chi connectivity index (χ2v) is 3.26. The molecule has 5 heteroatoms. The quantitative estimate of drug-likeness (QED) is 0.891. The van der Waals surface area contributed by atoms with Crippen LogP contribution in [-0.4, -0.2) is 13.2 Å². The minimum atomic E-state index is 0. The number of nitrogens with zero attached hydrogens (tertiary/aromatic N) is 1. The third-order valence-corrected chi connectivity index (χ3v) is 2.00. The van der Waals surface area contributed by atoms with Gasteiger partial charge in [-0.3, -0.25) is 0 Å². The molecule has 1 rings (SSSR count). The molecule has 0 fully saturated rings. The molecule has 0 aliphatic rings. The molecule has 0 aromatic heterocycles. The second kappa shape index (κ2) is 6.52. The lowest BCUT2D eigenvalue weighted by Gasteiger charge is -2.09. The molecule has 3 nitrogen and oxygen atoms in total. The van der Waals surface area contributed by atoms with Crippen LogP contribution in [0.3, 0.4) is 0 Å². The molecule has 0 saturated carbocycles. The number of benzene rings is 1. The minimum absolute atomic E-state index is 0. The first-order valence-electron chi connectivity index (χ1n) is 4.22. The molecule has 0 atom stereocenters. The van der Waals surface area contributed by atoms with Gasteiger partial charge in [-0.15, -0.1) is 12.4 Å². The first-order valence-corrected chi connectivity index (χ1v) is 4.60. The highest BCUT2D eigenvalue weighted by molar-refractivity contribution is 6.32. The summed E-state index contributed by atoms with van der Waals surface area (Å²) in [7, 11) is 0. The fourth-order valence-corrected chi connectivity index (χ4v) is 1.46. The van der Waals surface area contributed by atoms with Crippen molar-refractivity contribution < 1.29 is 4.74 Å². The van der Waals surface area contributed by atoms with E-state index in [1.807, 2.05) is 13.0 Å². The highest BCUT2D eigenvalue weighted by Crippen LogP contribution is 2.29. The van der Waals surface area contributed by atoms with Gasteiger partial charge in [-0.05, 0) is 24.6 Å². The van der Waals surface area contributed by atoms with Crippen LogP contribution in [0.2, 0.25) is 5.02 Å². The fraction of sp³-hybridized carbons (Fsp3) is 0.300. The van der Waals surface area contributed by atoms with E-state index in [2.05, 4.69) is 0 Å². The van der Waals surface area contributed by atoms with Crippen molar-refractivity contribution >= 4 is 24.0 Å². The van der Waals surface area contributed by atoms with E-state index in [1.165, 1.54) is 0 Å². The number of nitrogens with two attached hydrogens (primary N) is 1. The zero-order valence-electron chi connectivity index (χ0n) is 8.29. The Morgan fingerprint density at radius 2 is 2.20 bits per heavy atom. The van der Waals surface area contributed by atoms with Crippen LogP contribution >= 0.6 is 24.0 Å². The summed E-state index contributed by atoms with van der Waals surface area (Å²) in [5, 5.41) is 9.14. The topological polar surface area (TPSA) is 59.0 Å². The summed E-state index contributed by atoms with van der Waals surface area (Å²) in [6.45, 7) is 2.71. The zero-order valence-corrected chi connectivity index (χ0v) is 9.86. The van der Waals surface area contributed by atoms with Crippen LogP contribution in [0.15, 0.2) is 12.1 Å². The van der Waals surface area contributed by atoms with E-state index in [0.717, 1.165) is 5.56 Å². The Kier molecular flexibility index (Phi) is 6.11. The molecule has 2 N–H and O–H groups in total. The molecule has 1 aromatic rings. The van der Waals surface area contributed by atoms with Crippen molar-refractivity contribution in [1.29, 1.82) is 5.26 Å². The number of nitriles is 1. The summed E-state index contributed by atoms with van der Waals surface area (Å²) < 4.78 is 5.35. The van der Waals surface area contributed by atoms with Crippen molar-refractivity contribution in [3.63, 3.8) is 0 Å². The molecule has 0 unspecified atom stereocenters. The van der Waals surface area contributed by atoms with E-state index in [0.29, 0.717) is 29.5 Å². The van der Waals surface area contributed by atoms with E-state index in [-0.39, 0.29) is 12.4 Å². The second-order valence-electron chi connectivity index (χ2n) is 2.85. The monoisotopic (exact) mass is 246 g/mol. The molecule has 0 spiro atoms. The van der Waals surface area contributed by atoms with Crippen molar-refractivity contribution in [2.24, 2.45) is 5.73 Å². The molecular formula is C10H12Cl2N2O. The summed E-state index contributed by atoms with van der Waals surface area (Å²) in [5.74, 6) is 0.608. The average molecular weight is 247 g/mol. The molecule has 1 aromatic carbocycles. The summed E-state index contributed by atoms with van der Waals surface area (Å²) >= 11 is 5.93. The largest absolute Gasteiger partial charge is 0.490 e. The zero-order chi connectivity index (χ0) is 10.6. The number of ether oxygens (including phenoxy) is 1. The van der Waals surface area contributed by atoms with Gasteiger partial charge in [0.2, 0.25) is 0 Å². The molecule has 0 aliphatic carbocycles. The Morgan fingerprint density at radius 3 is 2.67 bits per heavy atom. The maximum Gasteiger partial charge on any atom is 0.140 e. The van der Waals surface area contributed by atoms with Gasteiger partial charge in [-0.25, -0.2) is 0 Å². The van der Waals surface area contributed by atoms with E-state index < -0.39 is 0 Å². The third-order valence-electron chi connectivity index (χ3n) is 1.72. The lowest BCUT2D eigenvalue weighted by atomic mass is 10.1. The molecule has 0 heterocycles. The Hall–Kier alpha value is -0.950. The third kappa shape index (κ3) is 3.60. The molecule has 0 radical (unpaired) electrons. The molecule has 0 saturated heterocycles. The molecular weight excluding hydrogens is 235 g/mol. The molecule has 0 amide bonds.